The summed E-state index contributed by atoms with van der Waals surface area (Å²) < 4.78 is 38.1. The summed E-state index contributed by atoms with van der Waals surface area (Å²) in [6, 6.07) is 11.1. The lowest BCUT2D eigenvalue weighted by Crippen LogP contribution is -2.42. The zero-order valence-electron chi connectivity index (χ0n) is 15.5. The molecule has 0 atom stereocenters. The van der Waals surface area contributed by atoms with Crippen LogP contribution in [0.25, 0.3) is 0 Å². The molecule has 2 rings (SSSR count). The predicted octanol–water partition coefficient (Wildman–Crippen LogP) is 3.25. The number of benzene rings is 2. The van der Waals surface area contributed by atoms with Crippen LogP contribution in [0.4, 0.5) is 18.9 Å². The predicted molar refractivity (Wildman–Crippen MR) is 110 cm³/mol. The van der Waals surface area contributed by atoms with E-state index in [0.717, 1.165) is 29.3 Å². The third-order valence-electron chi connectivity index (χ3n) is 4.13. The van der Waals surface area contributed by atoms with Gasteiger partial charge in [-0.25, -0.2) is 5.43 Å². The van der Waals surface area contributed by atoms with Crippen molar-refractivity contribution in [3.8, 4) is 0 Å². The number of alkyl halides is 3. The zero-order valence-corrected chi connectivity index (χ0v) is 16.3. The van der Waals surface area contributed by atoms with Crippen molar-refractivity contribution in [2.75, 3.05) is 18.6 Å². The fraction of sp³-hybridized carbons (Fsp3) is 0.316. The molecule has 0 aliphatic heterocycles. The first-order valence-electron chi connectivity index (χ1n) is 8.78. The molecule has 0 amide bonds. The van der Waals surface area contributed by atoms with Gasteiger partial charge >= 0.3 is 6.18 Å². The van der Waals surface area contributed by atoms with E-state index in [2.05, 4.69) is 21.6 Å². The molecule has 6 N–H and O–H groups in total. The number of aryl methyl sites for hydroxylation is 2. The number of hydrogen-bond acceptors (Lipinski definition) is 5. The smallest absolute Gasteiger partial charge is 0.324 e. The molecule has 152 valence electrons. The maximum atomic E-state index is 12.7. The van der Waals surface area contributed by atoms with E-state index in [0.29, 0.717) is 30.2 Å². The van der Waals surface area contributed by atoms with Gasteiger partial charge in [-0.3, -0.25) is 5.84 Å². The molecule has 0 saturated heterocycles. The van der Waals surface area contributed by atoms with Crippen LogP contribution in [-0.4, -0.2) is 18.2 Å². The SMILES string of the molecule is Cc1cc(C(=S)NNCNCCCc2cccc(C(F)(F)F)c2)ccc1NN. The maximum Gasteiger partial charge on any atom is 0.416 e. The number of hydrogen-bond donors (Lipinski definition) is 5. The van der Waals surface area contributed by atoms with Gasteiger partial charge in [0.2, 0.25) is 0 Å². The first-order valence-corrected chi connectivity index (χ1v) is 9.19. The molecule has 0 aliphatic rings. The lowest BCUT2D eigenvalue weighted by Gasteiger charge is -2.12. The Morgan fingerprint density at radius 1 is 1.14 bits per heavy atom. The van der Waals surface area contributed by atoms with Crippen LogP contribution in [0.5, 0.6) is 0 Å². The number of nitrogen functional groups attached to an aromatic ring is 1. The average Bonchev–Trinajstić information content (AvgIpc) is 2.66. The molecule has 0 aliphatic carbocycles. The lowest BCUT2D eigenvalue weighted by atomic mass is 10.1. The van der Waals surface area contributed by atoms with Crippen molar-refractivity contribution >= 4 is 22.9 Å². The highest BCUT2D eigenvalue weighted by Crippen LogP contribution is 2.29. The largest absolute Gasteiger partial charge is 0.416 e. The second kappa shape index (κ2) is 10.4. The van der Waals surface area contributed by atoms with Crippen LogP contribution in [0.15, 0.2) is 42.5 Å². The van der Waals surface area contributed by atoms with Crippen molar-refractivity contribution in [3.63, 3.8) is 0 Å². The Labute approximate surface area is 167 Å². The van der Waals surface area contributed by atoms with Gasteiger partial charge < -0.3 is 16.2 Å². The molecule has 0 radical (unpaired) electrons. The molecule has 0 heterocycles. The van der Waals surface area contributed by atoms with Crippen molar-refractivity contribution in [3.05, 3.63) is 64.7 Å². The van der Waals surface area contributed by atoms with E-state index in [1.165, 1.54) is 12.1 Å². The minimum Gasteiger partial charge on any atom is -0.324 e. The van der Waals surface area contributed by atoms with Gasteiger partial charge in [-0.15, -0.1) is 0 Å². The molecular formula is C19H24F3N5S. The van der Waals surface area contributed by atoms with Crippen molar-refractivity contribution in [1.82, 2.24) is 16.2 Å². The van der Waals surface area contributed by atoms with Gasteiger partial charge in [0.05, 0.1) is 17.9 Å². The van der Waals surface area contributed by atoms with Crippen molar-refractivity contribution in [1.29, 1.82) is 0 Å². The number of thiocarbonyl (C=S) groups is 1. The number of nitrogens with one attached hydrogen (secondary N) is 4. The quantitative estimate of drug-likeness (QED) is 0.143. The Kier molecular flexibility index (Phi) is 8.18. The summed E-state index contributed by atoms with van der Waals surface area (Å²) in [7, 11) is 0. The Morgan fingerprint density at radius 3 is 2.61 bits per heavy atom. The van der Waals surface area contributed by atoms with E-state index in [9.17, 15) is 13.2 Å². The van der Waals surface area contributed by atoms with E-state index in [-0.39, 0.29) is 0 Å². The molecule has 28 heavy (non-hydrogen) atoms. The Morgan fingerprint density at radius 2 is 1.93 bits per heavy atom. The van der Waals surface area contributed by atoms with E-state index in [1.54, 1.807) is 6.07 Å². The first-order chi connectivity index (χ1) is 13.3. The van der Waals surface area contributed by atoms with Crippen molar-refractivity contribution in [2.24, 2.45) is 5.84 Å². The van der Waals surface area contributed by atoms with E-state index < -0.39 is 11.7 Å². The highest BCUT2D eigenvalue weighted by molar-refractivity contribution is 7.80. The average molecular weight is 411 g/mol. The van der Waals surface area contributed by atoms with Gasteiger partial charge in [0, 0.05) is 5.56 Å². The number of anilines is 1. The molecule has 0 aromatic heterocycles. The monoisotopic (exact) mass is 411 g/mol. The minimum absolute atomic E-state index is 0.462. The van der Waals surface area contributed by atoms with Crippen molar-refractivity contribution in [2.45, 2.75) is 25.9 Å². The molecule has 5 nitrogen and oxygen atoms in total. The third-order valence-corrected chi connectivity index (χ3v) is 4.47. The minimum atomic E-state index is -4.30. The summed E-state index contributed by atoms with van der Waals surface area (Å²) in [5.74, 6) is 5.41. The van der Waals surface area contributed by atoms with Gasteiger partial charge in [-0.1, -0.05) is 30.4 Å². The topological polar surface area (TPSA) is 74.1 Å². The van der Waals surface area contributed by atoms with Gasteiger partial charge in [0.25, 0.3) is 0 Å². The van der Waals surface area contributed by atoms with Gasteiger partial charge in [0.15, 0.2) is 0 Å². The fourth-order valence-corrected chi connectivity index (χ4v) is 2.83. The number of rotatable bonds is 9. The van der Waals surface area contributed by atoms with Crippen LogP contribution in [0.3, 0.4) is 0 Å². The molecule has 2 aromatic carbocycles. The van der Waals surface area contributed by atoms with Crippen LogP contribution < -0.4 is 27.4 Å². The number of nitrogens with two attached hydrogens (primary N) is 1. The molecule has 0 unspecified atom stereocenters. The van der Waals surface area contributed by atoms with E-state index in [4.69, 9.17) is 18.1 Å². The van der Waals surface area contributed by atoms with Crippen LogP contribution >= 0.6 is 12.2 Å². The van der Waals surface area contributed by atoms with Gasteiger partial charge in [-0.05, 0) is 61.7 Å². The fourth-order valence-electron chi connectivity index (χ4n) is 2.64. The molecule has 0 spiro atoms. The first kappa shape index (κ1) is 22.1. The molecule has 0 saturated carbocycles. The summed E-state index contributed by atoms with van der Waals surface area (Å²) >= 11 is 5.32. The molecular weight excluding hydrogens is 387 g/mol. The Bertz CT molecular complexity index is 795. The van der Waals surface area contributed by atoms with Crippen molar-refractivity contribution < 1.29 is 13.2 Å². The molecule has 0 fully saturated rings. The Balaban J connectivity index is 1.64. The summed E-state index contributed by atoms with van der Waals surface area (Å²) in [5.41, 5.74) is 11.3. The maximum absolute atomic E-state index is 12.7. The van der Waals surface area contributed by atoms with E-state index >= 15 is 0 Å². The van der Waals surface area contributed by atoms with Gasteiger partial charge in [0.1, 0.15) is 4.99 Å². The van der Waals surface area contributed by atoms with Crippen LogP contribution in [0, 0.1) is 6.92 Å². The third kappa shape index (κ3) is 6.75. The molecule has 2 aromatic rings. The summed E-state index contributed by atoms with van der Waals surface area (Å²) in [6.07, 6.45) is -3.01. The second-order valence-electron chi connectivity index (χ2n) is 6.28. The van der Waals surface area contributed by atoms with Crippen LogP contribution in [-0.2, 0) is 12.6 Å². The zero-order chi connectivity index (χ0) is 20.6. The van der Waals surface area contributed by atoms with Crippen LogP contribution in [0.1, 0.15) is 28.7 Å². The highest BCUT2D eigenvalue weighted by atomic mass is 32.1. The number of halogens is 3. The summed E-state index contributed by atoms with van der Waals surface area (Å²) in [4.78, 5) is 0.553. The Hall–Kier alpha value is -2.20. The summed E-state index contributed by atoms with van der Waals surface area (Å²) in [6.45, 7) is 3.05. The van der Waals surface area contributed by atoms with Gasteiger partial charge in [-0.2, -0.15) is 13.2 Å². The lowest BCUT2D eigenvalue weighted by molar-refractivity contribution is -0.137. The second-order valence-corrected chi connectivity index (χ2v) is 6.69. The standard InChI is InChI=1S/C19H24F3N5S/c1-13-10-15(7-8-17(13)26-23)18(28)27-25-12-24-9-3-5-14-4-2-6-16(11-14)19(20,21)22/h2,4,6-8,10-11,24-26H,3,5,9,12,23H2,1H3,(H,27,28). The summed E-state index contributed by atoms with van der Waals surface area (Å²) in [5, 5.41) is 3.15. The van der Waals surface area contributed by atoms with E-state index in [1.807, 2.05) is 25.1 Å². The molecule has 9 heteroatoms. The normalized spacial score (nSPS) is 11.3. The number of hydrazine groups is 2. The van der Waals surface area contributed by atoms with Crippen LogP contribution in [0.2, 0.25) is 0 Å². The molecule has 0 bridgehead atoms. The highest BCUT2D eigenvalue weighted by Gasteiger charge is 2.30.